The highest BCUT2D eigenvalue weighted by Crippen LogP contribution is 2.32. The van der Waals surface area contributed by atoms with E-state index in [0.717, 1.165) is 5.56 Å². The molecule has 0 saturated carbocycles. The number of hydrogen-bond acceptors (Lipinski definition) is 4. The summed E-state index contributed by atoms with van der Waals surface area (Å²) in [5.41, 5.74) is 1.52. The fourth-order valence-electron chi connectivity index (χ4n) is 2.13. The number of rotatable bonds is 5. The predicted octanol–water partition coefficient (Wildman–Crippen LogP) is 0.654. The van der Waals surface area contributed by atoms with Gasteiger partial charge >= 0.3 is 5.97 Å². The first-order valence-corrected chi connectivity index (χ1v) is 6.88. The van der Waals surface area contributed by atoms with Crippen LogP contribution in [0.15, 0.2) is 18.2 Å². The normalized spacial score (nSPS) is 13.4. The minimum Gasteiger partial charge on any atom is -0.482 e. The Morgan fingerprint density at radius 2 is 2.14 bits per heavy atom. The molecule has 118 valence electrons. The first-order chi connectivity index (χ1) is 10.4. The highest BCUT2D eigenvalue weighted by atomic mass is 16.5. The lowest BCUT2D eigenvalue weighted by molar-refractivity contribution is -0.138. The van der Waals surface area contributed by atoms with E-state index in [0.29, 0.717) is 11.4 Å². The minimum atomic E-state index is -0.969. The fraction of sp³-hybridized carbons (Fsp3) is 0.400. The monoisotopic (exact) mass is 306 g/mol. The summed E-state index contributed by atoms with van der Waals surface area (Å²) in [5.74, 6) is -1.02. The van der Waals surface area contributed by atoms with Crippen LogP contribution in [-0.2, 0) is 14.4 Å². The number of aliphatic carboxylic acids is 1. The van der Waals surface area contributed by atoms with E-state index in [9.17, 15) is 14.4 Å². The van der Waals surface area contributed by atoms with Crippen molar-refractivity contribution >= 4 is 23.5 Å². The highest BCUT2D eigenvalue weighted by molar-refractivity contribution is 6.02. The summed E-state index contributed by atoms with van der Waals surface area (Å²) >= 11 is 0. The number of likely N-dealkylation sites (N-methyl/N-ethyl adjacent to an activating group) is 1. The van der Waals surface area contributed by atoms with Crippen molar-refractivity contribution in [2.24, 2.45) is 0 Å². The van der Waals surface area contributed by atoms with E-state index in [-0.39, 0.29) is 37.9 Å². The molecule has 0 spiro atoms. The number of aryl methyl sites for hydroxylation is 1. The van der Waals surface area contributed by atoms with E-state index in [1.54, 1.807) is 12.1 Å². The summed E-state index contributed by atoms with van der Waals surface area (Å²) in [5, 5.41) is 8.65. The number of amides is 2. The summed E-state index contributed by atoms with van der Waals surface area (Å²) in [6.45, 7) is 1.75. The van der Waals surface area contributed by atoms with Crippen LogP contribution < -0.4 is 9.64 Å². The lowest BCUT2D eigenvalue weighted by Crippen LogP contribution is -2.45. The fourth-order valence-corrected chi connectivity index (χ4v) is 2.13. The zero-order chi connectivity index (χ0) is 16.3. The van der Waals surface area contributed by atoms with Gasteiger partial charge in [-0.05, 0) is 24.6 Å². The Labute approximate surface area is 128 Å². The molecule has 1 aromatic carbocycles. The van der Waals surface area contributed by atoms with Crippen LogP contribution in [0.25, 0.3) is 0 Å². The molecule has 0 atom stereocenters. The molecule has 0 unspecified atom stereocenters. The first kappa shape index (κ1) is 15.8. The number of fused-ring (bicyclic) bond motifs is 1. The Morgan fingerprint density at radius 3 is 2.82 bits per heavy atom. The maximum Gasteiger partial charge on any atom is 0.305 e. The quantitative estimate of drug-likeness (QED) is 0.863. The van der Waals surface area contributed by atoms with Crippen LogP contribution in [0.2, 0.25) is 0 Å². The molecule has 0 aliphatic carbocycles. The summed E-state index contributed by atoms with van der Waals surface area (Å²) in [6.07, 6.45) is -0.130. The smallest absolute Gasteiger partial charge is 0.305 e. The van der Waals surface area contributed by atoms with Gasteiger partial charge in [-0.3, -0.25) is 19.3 Å². The van der Waals surface area contributed by atoms with E-state index in [1.807, 2.05) is 13.0 Å². The van der Waals surface area contributed by atoms with Gasteiger partial charge in [0.2, 0.25) is 5.91 Å². The molecule has 2 rings (SSSR count). The van der Waals surface area contributed by atoms with Gasteiger partial charge in [-0.25, -0.2) is 0 Å². The molecule has 1 N–H and O–H groups in total. The Kier molecular flexibility index (Phi) is 4.65. The van der Waals surface area contributed by atoms with Crippen LogP contribution >= 0.6 is 0 Å². The molecule has 7 nitrogen and oxygen atoms in total. The second-order valence-electron chi connectivity index (χ2n) is 5.20. The Bertz CT molecular complexity index is 614. The number of benzene rings is 1. The summed E-state index contributed by atoms with van der Waals surface area (Å²) in [6, 6.07) is 5.42. The van der Waals surface area contributed by atoms with Gasteiger partial charge in [0.15, 0.2) is 6.61 Å². The van der Waals surface area contributed by atoms with Gasteiger partial charge in [-0.2, -0.15) is 0 Å². The summed E-state index contributed by atoms with van der Waals surface area (Å²) in [7, 11) is 1.52. The van der Waals surface area contributed by atoms with Gasteiger partial charge in [-0.15, -0.1) is 0 Å². The predicted molar refractivity (Wildman–Crippen MR) is 78.9 cm³/mol. The van der Waals surface area contributed by atoms with E-state index in [4.69, 9.17) is 9.84 Å². The number of carbonyl (C=O) groups excluding carboxylic acids is 2. The highest BCUT2D eigenvalue weighted by Gasteiger charge is 2.28. The Morgan fingerprint density at radius 1 is 1.41 bits per heavy atom. The van der Waals surface area contributed by atoms with Crippen molar-refractivity contribution in [1.29, 1.82) is 0 Å². The molecular formula is C15H18N2O5. The molecule has 7 heteroatoms. The van der Waals surface area contributed by atoms with Crippen molar-refractivity contribution < 1.29 is 24.2 Å². The van der Waals surface area contributed by atoms with Gasteiger partial charge in [0.25, 0.3) is 5.91 Å². The molecular weight excluding hydrogens is 288 g/mol. The van der Waals surface area contributed by atoms with E-state index in [2.05, 4.69) is 0 Å². The molecule has 0 radical (unpaired) electrons. The van der Waals surface area contributed by atoms with E-state index in [1.165, 1.54) is 16.8 Å². The average molecular weight is 306 g/mol. The molecule has 22 heavy (non-hydrogen) atoms. The van der Waals surface area contributed by atoms with Crippen LogP contribution in [0.3, 0.4) is 0 Å². The van der Waals surface area contributed by atoms with Crippen molar-refractivity contribution in [3.8, 4) is 5.75 Å². The number of hydrogen-bond donors (Lipinski definition) is 1. The zero-order valence-corrected chi connectivity index (χ0v) is 12.5. The number of carbonyl (C=O) groups is 3. The van der Waals surface area contributed by atoms with Gasteiger partial charge < -0.3 is 14.7 Å². The third-order valence-corrected chi connectivity index (χ3v) is 3.44. The van der Waals surface area contributed by atoms with Crippen molar-refractivity contribution in [3.05, 3.63) is 23.8 Å². The summed E-state index contributed by atoms with van der Waals surface area (Å²) in [4.78, 5) is 37.4. The van der Waals surface area contributed by atoms with Crippen molar-refractivity contribution in [2.75, 3.05) is 31.6 Å². The third-order valence-electron chi connectivity index (χ3n) is 3.44. The first-order valence-electron chi connectivity index (χ1n) is 6.88. The second-order valence-corrected chi connectivity index (χ2v) is 5.20. The maximum absolute atomic E-state index is 12.2. The van der Waals surface area contributed by atoms with Crippen LogP contribution in [0.5, 0.6) is 5.75 Å². The molecule has 0 bridgehead atoms. The largest absolute Gasteiger partial charge is 0.482 e. The van der Waals surface area contributed by atoms with E-state index < -0.39 is 5.97 Å². The number of carboxylic acids is 1. The van der Waals surface area contributed by atoms with Crippen LogP contribution in [-0.4, -0.2) is 54.5 Å². The van der Waals surface area contributed by atoms with Crippen LogP contribution in [0.1, 0.15) is 12.0 Å². The zero-order valence-electron chi connectivity index (χ0n) is 12.5. The molecule has 0 fully saturated rings. The number of anilines is 1. The molecule has 1 aromatic rings. The summed E-state index contributed by atoms with van der Waals surface area (Å²) < 4.78 is 5.35. The molecule has 0 saturated heterocycles. The molecule has 2 amide bonds. The van der Waals surface area contributed by atoms with Gasteiger partial charge in [-0.1, -0.05) is 6.07 Å². The third kappa shape index (κ3) is 3.55. The lowest BCUT2D eigenvalue weighted by Gasteiger charge is -2.30. The Balaban J connectivity index is 2.12. The van der Waals surface area contributed by atoms with Crippen molar-refractivity contribution in [2.45, 2.75) is 13.3 Å². The van der Waals surface area contributed by atoms with Gasteiger partial charge in [0, 0.05) is 13.6 Å². The number of nitrogens with zero attached hydrogens (tertiary/aromatic N) is 2. The SMILES string of the molecule is Cc1ccc2c(c1)N(CC(=O)N(C)CCC(=O)O)C(=O)CO2. The average Bonchev–Trinajstić information content (AvgIpc) is 2.47. The topological polar surface area (TPSA) is 87.2 Å². The number of carboxylic acid groups (broad SMARTS) is 1. The van der Waals surface area contributed by atoms with Crippen molar-refractivity contribution in [3.63, 3.8) is 0 Å². The van der Waals surface area contributed by atoms with Gasteiger partial charge in [0.05, 0.1) is 12.1 Å². The van der Waals surface area contributed by atoms with Crippen LogP contribution in [0.4, 0.5) is 5.69 Å². The molecule has 1 heterocycles. The molecule has 0 aromatic heterocycles. The molecule has 1 aliphatic heterocycles. The number of ether oxygens (including phenoxy) is 1. The Hall–Kier alpha value is -2.57. The van der Waals surface area contributed by atoms with Crippen molar-refractivity contribution in [1.82, 2.24) is 4.90 Å². The lowest BCUT2D eigenvalue weighted by atomic mass is 10.1. The molecule has 1 aliphatic rings. The second kappa shape index (κ2) is 6.46. The maximum atomic E-state index is 12.2. The van der Waals surface area contributed by atoms with E-state index >= 15 is 0 Å². The van der Waals surface area contributed by atoms with Gasteiger partial charge in [0.1, 0.15) is 12.3 Å². The standard InChI is InChI=1S/C15H18N2O5/c1-10-3-4-12-11(7-10)17(14(19)9-22-12)8-13(18)16(2)6-5-15(20)21/h3-4,7H,5-6,8-9H2,1-2H3,(H,20,21). The minimum absolute atomic E-state index is 0.105. The van der Waals surface area contributed by atoms with Crippen LogP contribution in [0, 0.1) is 6.92 Å².